The second kappa shape index (κ2) is 4.66. The molecular formula is C15H16FN. The van der Waals surface area contributed by atoms with Gasteiger partial charge in [-0.3, -0.25) is 4.98 Å². The maximum Gasteiger partial charge on any atom is 0.131 e. The highest BCUT2D eigenvalue weighted by molar-refractivity contribution is 5.64. The summed E-state index contributed by atoms with van der Waals surface area (Å²) in [6.45, 7) is 6.07. The SMILES string of the molecule is Cc1cncc(-c2ccc(C(C)C)cc2F)c1. The average molecular weight is 229 g/mol. The quantitative estimate of drug-likeness (QED) is 0.747. The van der Waals surface area contributed by atoms with E-state index >= 15 is 0 Å². The van der Waals surface area contributed by atoms with Crippen molar-refractivity contribution in [3.63, 3.8) is 0 Å². The van der Waals surface area contributed by atoms with Crippen LogP contribution >= 0.6 is 0 Å². The van der Waals surface area contributed by atoms with Gasteiger partial charge in [0.2, 0.25) is 0 Å². The van der Waals surface area contributed by atoms with Crippen molar-refractivity contribution in [3.8, 4) is 11.1 Å². The lowest BCUT2D eigenvalue weighted by atomic mass is 9.98. The molecule has 1 heterocycles. The predicted molar refractivity (Wildman–Crippen MR) is 68.5 cm³/mol. The molecule has 1 aromatic heterocycles. The van der Waals surface area contributed by atoms with Gasteiger partial charge >= 0.3 is 0 Å². The lowest BCUT2D eigenvalue weighted by Crippen LogP contribution is -1.92. The van der Waals surface area contributed by atoms with E-state index in [9.17, 15) is 4.39 Å². The highest BCUT2D eigenvalue weighted by atomic mass is 19.1. The molecule has 0 aliphatic heterocycles. The molecule has 0 bridgehead atoms. The standard InChI is InChI=1S/C15H16FN/c1-10(2)12-4-5-14(15(16)7-12)13-6-11(3)8-17-9-13/h4-10H,1-3H3. The Morgan fingerprint density at radius 2 is 1.88 bits per heavy atom. The molecule has 0 fully saturated rings. The van der Waals surface area contributed by atoms with Crippen molar-refractivity contribution in [2.75, 3.05) is 0 Å². The maximum atomic E-state index is 14.0. The van der Waals surface area contributed by atoms with Gasteiger partial charge in [-0.1, -0.05) is 26.0 Å². The summed E-state index contributed by atoms with van der Waals surface area (Å²) in [5, 5.41) is 0. The minimum Gasteiger partial charge on any atom is -0.264 e. The van der Waals surface area contributed by atoms with Crippen LogP contribution in [0.4, 0.5) is 4.39 Å². The van der Waals surface area contributed by atoms with Crippen LogP contribution in [0.15, 0.2) is 36.7 Å². The van der Waals surface area contributed by atoms with Crippen LogP contribution in [0.3, 0.4) is 0 Å². The molecule has 1 nitrogen and oxygen atoms in total. The first kappa shape index (κ1) is 11.8. The van der Waals surface area contributed by atoms with Crippen LogP contribution in [0, 0.1) is 12.7 Å². The Labute approximate surface area is 101 Å². The predicted octanol–water partition coefficient (Wildman–Crippen LogP) is 4.32. The first-order valence-corrected chi connectivity index (χ1v) is 5.79. The van der Waals surface area contributed by atoms with Gasteiger partial charge in [-0.2, -0.15) is 0 Å². The Morgan fingerprint density at radius 1 is 1.12 bits per heavy atom. The van der Waals surface area contributed by atoms with E-state index in [-0.39, 0.29) is 5.82 Å². The third-order valence-electron chi connectivity index (χ3n) is 2.85. The average Bonchev–Trinajstić information content (AvgIpc) is 2.28. The fourth-order valence-corrected chi connectivity index (χ4v) is 1.83. The number of rotatable bonds is 2. The van der Waals surface area contributed by atoms with E-state index < -0.39 is 0 Å². The molecule has 0 aliphatic carbocycles. The van der Waals surface area contributed by atoms with Gasteiger partial charge in [0, 0.05) is 23.5 Å². The molecule has 0 saturated heterocycles. The van der Waals surface area contributed by atoms with Crippen LogP contribution in [0.1, 0.15) is 30.9 Å². The summed E-state index contributed by atoms with van der Waals surface area (Å²) in [5.41, 5.74) is 3.50. The normalized spacial score (nSPS) is 10.9. The molecule has 0 amide bonds. The molecule has 2 aromatic rings. The van der Waals surface area contributed by atoms with Gasteiger partial charge in [0.25, 0.3) is 0 Å². The highest BCUT2D eigenvalue weighted by Crippen LogP contribution is 2.26. The molecule has 1 aromatic carbocycles. The zero-order chi connectivity index (χ0) is 12.4. The summed E-state index contributed by atoms with van der Waals surface area (Å²) in [5.74, 6) is 0.165. The van der Waals surface area contributed by atoms with Crippen LogP contribution < -0.4 is 0 Å². The Bertz CT molecular complexity index is 532. The number of aryl methyl sites for hydroxylation is 1. The van der Waals surface area contributed by atoms with Crippen LogP contribution in [0.5, 0.6) is 0 Å². The molecule has 2 heteroatoms. The molecule has 0 aliphatic rings. The lowest BCUT2D eigenvalue weighted by molar-refractivity contribution is 0.626. The van der Waals surface area contributed by atoms with Crippen molar-refractivity contribution in [2.24, 2.45) is 0 Å². The second-order valence-corrected chi connectivity index (χ2v) is 4.64. The summed E-state index contributed by atoms with van der Waals surface area (Å²) < 4.78 is 14.0. The highest BCUT2D eigenvalue weighted by Gasteiger charge is 2.08. The number of halogens is 1. The van der Waals surface area contributed by atoms with Gasteiger partial charge < -0.3 is 0 Å². The zero-order valence-corrected chi connectivity index (χ0v) is 10.4. The fraction of sp³-hybridized carbons (Fsp3) is 0.267. The minimum absolute atomic E-state index is 0.177. The van der Waals surface area contributed by atoms with Crippen molar-refractivity contribution in [3.05, 3.63) is 53.6 Å². The number of pyridine rings is 1. The van der Waals surface area contributed by atoms with E-state index in [1.54, 1.807) is 18.5 Å². The minimum atomic E-state index is -0.177. The van der Waals surface area contributed by atoms with Crippen LogP contribution in [-0.4, -0.2) is 4.98 Å². The van der Waals surface area contributed by atoms with Crippen molar-refractivity contribution in [1.29, 1.82) is 0 Å². The molecular weight excluding hydrogens is 213 g/mol. The van der Waals surface area contributed by atoms with Crippen LogP contribution in [0.2, 0.25) is 0 Å². The van der Waals surface area contributed by atoms with Crippen molar-refractivity contribution in [1.82, 2.24) is 4.98 Å². The van der Waals surface area contributed by atoms with Crippen molar-refractivity contribution < 1.29 is 4.39 Å². The van der Waals surface area contributed by atoms with E-state index in [1.165, 1.54) is 0 Å². The first-order valence-electron chi connectivity index (χ1n) is 5.79. The molecule has 2 rings (SSSR count). The number of aromatic nitrogens is 1. The second-order valence-electron chi connectivity index (χ2n) is 4.64. The molecule has 17 heavy (non-hydrogen) atoms. The molecule has 0 N–H and O–H groups in total. The summed E-state index contributed by atoms with van der Waals surface area (Å²) >= 11 is 0. The number of hydrogen-bond acceptors (Lipinski definition) is 1. The van der Waals surface area contributed by atoms with Crippen LogP contribution in [0.25, 0.3) is 11.1 Å². The molecule has 88 valence electrons. The summed E-state index contributed by atoms with van der Waals surface area (Å²) in [6, 6.07) is 7.37. The van der Waals surface area contributed by atoms with Crippen molar-refractivity contribution in [2.45, 2.75) is 26.7 Å². The number of hydrogen-bond donors (Lipinski definition) is 0. The third-order valence-corrected chi connectivity index (χ3v) is 2.85. The maximum absolute atomic E-state index is 14.0. The molecule has 0 unspecified atom stereocenters. The molecule has 0 saturated carbocycles. The van der Waals surface area contributed by atoms with Gasteiger partial charge in [-0.05, 0) is 36.1 Å². The monoisotopic (exact) mass is 229 g/mol. The Hall–Kier alpha value is -1.70. The topological polar surface area (TPSA) is 12.9 Å². The lowest BCUT2D eigenvalue weighted by Gasteiger charge is -2.09. The van der Waals surface area contributed by atoms with E-state index in [4.69, 9.17) is 0 Å². The number of nitrogens with zero attached hydrogens (tertiary/aromatic N) is 1. The van der Waals surface area contributed by atoms with E-state index in [0.29, 0.717) is 11.5 Å². The van der Waals surface area contributed by atoms with Crippen LogP contribution in [-0.2, 0) is 0 Å². The summed E-state index contributed by atoms with van der Waals surface area (Å²) in [6.07, 6.45) is 3.46. The van der Waals surface area contributed by atoms with E-state index in [2.05, 4.69) is 18.8 Å². The molecule has 0 spiro atoms. The molecule has 0 radical (unpaired) electrons. The van der Waals surface area contributed by atoms with Gasteiger partial charge in [-0.15, -0.1) is 0 Å². The Kier molecular flexibility index (Phi) is 3.23. The van der Waals surface area contributed by atoms with E-state index in [1.807, 2.05) is 25.1 Å². The number of benzene rings is 1. The first-order chi connectivity index (χ1) is 8.08. The van der Waals surface area contributed by atoms with Gasteiger partial charge in [-0.25, -0.2) is 4.39 Å². The van der Waals surface area contributed by atoms with Crippen molar-refractivity contribution >= 4 is 0 Å². The summed E-state index contributed by atoms with van der Waals surface area (Å²) in [7, 11) is 0. The Balaban J connectivity index is 2.47. The molecule has 0 atom stereocenters. The van der Waals surface area contributed by atoms with Gasteiger partial charge in [0.15, 0.2) is 0 Å². The fourth-order valence-electron chi connectivity index (χ4n) is 1.83. The van der Waals surface area contributed by atoms with E-state index in [0.717, 1.165) is 16.7 Å². The Morgan fingerprint density at radius 3 is 2.47 bits per heavy atom. The van der Waals surface area contributed by atoms with Gasteiger partial charge in [0.05, 0.1) is 0 Å². The zero-order valence-electron chi connectivity index (χ0n) is 10.4. The third kappa shape index (κ3) is 2.52. The van der Waals surface area contributed by atoms with Gasteiger partial charge in [0.1, 0.15) is 5.82 Å². The largest absolute Gasteiger partial charge is 0.264 e. The smallest absolute Gasteiger partial charge is 0.131 e. The summed E-state index contributed by atoms with van der Waals surface area (Å²) in [4.78, 5) is 4.09.